The summed E-state index contributed by atoms with van der Waals surface area (Å²) in [6.45, 7) is 2.55. The van der Waals surface area contributed by atoms with E-state index in [-0.39, 0.29) is 24.0 Å². The Labute approximate surface area is 184 Å². The summed E-state index contributed by atoms with van der Waals surface area (Å²) >= 11 is 0. The van der Waals surface area contributed by atoms with Crippen molar-refractivity contribution < 1.29 is 17.9 Å². The normalized spacial score (nSPS) is 16.9. The molecule has 0 atom stereocenters. The minimum atomic E-state index is -3.63. The van der Waals surface area contributed by atoms with Crippen LogP contribution in [0.3, 0.4) is 0 Å². The fourth-order valence-corrected chi connectivity index (χ4v) is 5.64. The van der Waals surface area contributed by atoms with Gasteiger partial charge in [-0.1, -0.05) is 31.4 Å². The number of ether oxygens (including phenoxy) is 1. The second-order valence-electron chi connectivity index (χ2n) is 8.36. The number of fused-ring (bicyclic) bond motifs is 1. The first-order chi connectivity index (χ1) is 14.9. The van der Waals surface area contributed by atoms with E-state index >= 15 is 0 Å². The molecule has 1 N–H and O–H groups in total. The molecule has 1 aliphatic carbocycles. The predicted molar refractivity (Wildman–Crippen MR) is 121 cm³/mol. The number of hydrogen-bond donors (Lipinski definition) is 1. The average molecular weight is 443 g/mol. The van der Waals surface area contributed by atoms with Gasteiger partial charge in [-0.2, -0.15) is 0 Å². The maximum absolute atomic E-state index is 12.6. The zero-order valence-corrected chi connectivity index (χ0v) is 18.8. The summed E-state index contributed by atoms with van der Waals surface area (Å²) in [4.78, 5) is 13.6. The number of benzene rings is 2. The van der Waals surface area contributed by atoms with Crippen molar-refractivity contribution in [2.24, 2.45) is 0 Å². The molecule has 4 rings (SSSR count). The van der Waals surface area contributed by atoms with Crippen LogP contribution in [0.1, 0.15) is 56.1 Å². The van der Waals surface area contributed by atoms with Gasteiger partial charge in [0.25, 0.3) is 0 Å². The Balaban J connectivity index is 1.29. The molecule has 2 aromatic carbocycles. The fourth-order valence-electron chi connectivity index (χ4n) is 4.57. The van der Waals surface area contributed by atoms with Gasteiger partial charge in [0, 0.05) is 25.7 Å². The molecule has 0 radical (unpaired) electrons. The van der Waals surface area contributed by atoms with Gasteiger partial charge in [0.2, 0.25) is 15.9 Å². The lowest BCUT2D eigenvalue weighted by atomic mass is 9.84. The van der Waals surface area contributed by atoms with Crippen LogP contribution < -0.4 is 14.4 Å². The van der Waals surface area contributed by atoms with E-state index in [0.717, 1.165) is 17.0 Å². The van der Waals surface area contributed by atoms with Gasteiger partial charge in [0.1, 0.15) is 12.4 Å². The van der Waals surface area contributed by atoms with Gasteiger partial charge < -0.3 is 9.64 Å². The Morgan fingerprint density at radius 1 is 1.10 bits per heavy atom. The van der Waals surface area contributed by atoms with Gasteiger partial charge in [-0.25, -0.2) is 13.1 Å². The third kappa shape index (κ3) is 5.10. The van der Waals surface area contributed by atoms with Crippen molar-refractivity contribution in [3.8, 4) is 5.75 Å². The summed E-state index contributed by atoms with van der Waals surface area (Å²) in [5, 5.41) is 0. The summed E-state index contributed by atoms with van der Waals surface area (Å²) in [5.41, 5.74) is 3.05. The summed E-state index contributed by atoms with van der Waals surface area (Å²) in [5.74, 6) is 1.38. The van der Waals surface area contributed by atoms with Crippen LogP contribution in [0.5, 0.6) is 5.75 Å². The minimum Gasteiger partial charge on any atom is -0.492 e. The molecule has 7 heteroatoms. The molecule has 0 aromatic heterocycles. The van der Waals surface area contributed by atoms with Crippen molar-refractivity contribution in [3.05, 3.63) is 53.6 Å². The van der Waals surface area contributed by atoms with Crippen LogP contribution in [-0.4, -0.2) is 34.0 Å². The van der Waals surface area contributed by atoms with E-state index in [9.17, 15) is 13.2 Å². The molecule has 1 amide bonds. The molecule has 0 unspecified atom stereocenters. The van der Waals surface area contributed by atoms with E-state index in [1.54, 1.807) is 23.1 Å². The Morgan fingerprint density at radius 2 is 1.84 bits per heavy atom. The van der Waals surface area contributed by atoms with Gasteiger partial charge in [0.05, 0.1) is 4.90 Å². The predicted octanol–water partition coefficient (Wildman–Crippen LogP) is 4.00. The molecule has 1 aliphatic heterocycles. The third-order valence-electron chi connectivity index (χ3n) is 6.26. The van der Waals surface area contributed by atoms with Gasteiger partial charge in [-0.3, -0.25) is 4.79 Å². The van der Waals surface area contributed by atoms with E-state index in [1.165, 1.54) is 44.6 Å². The SMILES string of the molecule is CC(=O)N1CCc2cc(S(=O)(=O)NCCOc3ccc(C4CCCCC4)cc3)ccc21. The first kappa shape index (κ1) is 21.8. The average Bonchev–Trinajstić information content (AvgIpc) is 3.21. The lowest BCUT2D eigenvalue weighted by Crippen LogP contribution is -2.28. The van der Waals surface area contributed by atoms with Gasteiger partial charge in [-0.05, 0) is 66.6 Å². The van der Waals surface area contributed by atoms with E-state index < -0.39 is 10.0 Å². The van der Waals surface area contributed by atoms with Gasteiger partial charge >= 0.3 is 0 Å². The number of nitrogens with one attached hydrogen (secondary N) is 1. The summed E-state index contributed by atoms with van der Waals surface area (Å²) in [7, 11) is -3.63. The smallest absolute Gasteiger partial charge is 0.240 e. The van der Waals surface area contributed by atoms with Crippen molar-refractivity contribution in [3.63, 3.8) is 0 Å². The molecular formula is C24H30N2O4S. The van der Waals surface area contributed by atoms with Crippen LogP contribution in [0, 0.1) is 0 Å². The van der Waals surface area contributed by atoms with Crippen molar-refractivity contribution in [1.82, 2.24) is 4.72 Å². The van der Waals surface area contributed by atoms with Crippen LogP contribution in [0.2, 0.25) is 0 Å². The maximum atomic E-state index is 12.6. The van der Waals surface area contributed by atoms with E-state index in [4.69, 9.17) is 4.74 Å². The molecule has 1 saturated carbocycles. The Morgan fingerprint density at radius 3 is 2.55 bits per heavy atom. The monoisotopic (exact) mass is 442 g/mol. The number of hydrogen-bond acceptors (Lipinski definition) is 4. The quantitative estimate of drug-likeness (QED) is 0.658. The van der Waals surface area contributed by atoms with Crippen molar-refractivity contribution in [2.75, 3.05) is 24.6 Å². The topological polar surface area (TPSA) is 75.7 Å². The molecule has 166 valence electrons. The zero-order chi connectivity index (χ0) is 21.8. The highest BCUT2D eigenvalue weighted by Crippen LogP contribution is 2.33. The lowest BCUT2D eigenvalue weighted by molar-refractivity contribution is -0.116. The molecule has 1 heterocycles. The van der Waals surface area contributed by atoms with Crippen LogP contribution in [0.15, 0.2) is 47.4 Å². The first-order valence-corrected chi connectivity index (χ1v) is 12.6. The van der Waals surface area contributed by atoms with Gasteiger partial charge in [0.15, 0.2) is 0 Å². The molecule has 6 nitrogen and oxygen atoms in total. The Kier molecular flexibility index (Phi) is 6.62. The number of anilines is 1. The molecule has 31 heavy (non-hydrogen) atoms. The summed E-state index contributed by atoms with van der Waals surface area (Å²) in [6, 6.07) is 13.1. The van der Waals surface area contributed by atoms with Crippen LogP contribution in [-0.2, 0) is 21.2 Å². The largest absolute Gasteiger partial charge is 0.492 e. The van der Waals surface area contributed by atoms with Crippen molar-refractivity contribution >= 4 is 21.6 Å². The summed E-state index contributed by atoms with van der Waals surface area (Å²) < 4.78 is 33.6. The standard InChI is InChI=1S/C24H30N2O4S/c1-18(27)26-15-13-21-17-23(11-12-24(21)26)31(28,29)25-14-16-30-22-9-7-20(8-10-22)19-5-3-2-4-6-19/h7-12,17,19,25H,2-6,13-16H2,1H3. The minimum absolute atomic E-state index is 0.0311. The second-order valence-corrected chi connectivity index (χ2v) is 10.1. The molecule has 2 aliphatic rings. The number of amides is 1. The Bertz CT molecular complexity index is 1030. The van der Waals surface area contributed by atoms with E-state index in [2.05, 4.69) is 16.9 Å². The number of sulfonamides is 1. The van der Waals surface area contributed by atoms with Crippen LogP contribution in [0.25, 0.3) is 0 Å². The molecule has 1 fully saturated rings. The molecular weight excluding hydrogens is 412 g/mol. The zero-order valence-electron chi connectivity index (χ0n) is 18.0. The lowest BCUT2D eigenvalue weighted by Gasteiger charge is -2.22. The molecule has 0 spiro atoms. The van der Waals surface area contributed by atoms with Crippen LogP contribution in [0.4, 0.5) is 5.69 Å². The third-order valence-corrected chi connectivity index (χ3v) is 7.72. The highest BCUT2D eigenvalue weighted by molar-refractivity contribution is 7.89. The van der Waals surface area contributed by atoms with Crippen molar-refractivity contribution in [1.29, 1.82) is 0 Å². The van der Waals surface area contributed by atoms with Crippen molar-refractivity contribution in [2.45, 2.75) is 56.3 Å². The van der Waals surface area contributed by atoms with Gasteiger partial charge in [-0.15, -0.1) is 0 Å². The maximum Gasteiger partial charge on any atom is 0.240 e. The fraction of sp³-hybridized carbons (Fsp3) is 0.458. The molecule has 2 aromatic rings. The Hall–Kier alpha value is -2.38. The molecule has 0 bridgehead atoms. The van der Waals surface area contributed by atoms with E-state index in [1.807, 2.05) is 12.1 Å². The number of rotatable bonds is 7. The van der Waals surface area contributed by atoms with Crippen LogP contribution >= 0.6 is 0 Å². The molecule has 0 saturated heterocycles. The second kappa shape index (κ2) is 9.40. The summed E-state index contributed by atoms with van der Waals surface area (Å²) in [6.07, 6.45) is 7.15. The highest BCUT2D eigenvalue weighted by atomic mass is 32.2. The number of carbonyl (C=O) groups excluding carboxylic acids is 1. The number of carbonyl (C=O) groups is 1. The van der Waals surface area contributed by atoms with E-state index in [0.29, 0.717) is 18.9 Å². The number of nitrogens with zero attached hydrogens (tertiary/aromatic N) is 1. The highest BCUT2D eigenvalue weighted by Gasteiger charge is 2.24. The first-order valence-electron chi connectivity index (χ1n) is 11.1.